The number of aliphatic hydroxyl groups is 1. The van der Waals surface area contributed by atoms with Crippen LogP contribution in [0.2, 0.25) is 0 Å². The van der Waals surface area contributed by atoms with Gasteiger partial charge in [0.25, 0.3) is 0 Å². The fourth-order valence-corrected chi connectivity index (χ4v) is 1.89. The highest BCUT2D eigenvalue weighted by Gasteiger charge is 2.17. The molecule has 0 spiro atoms. The molecule has 7 nitrogen and oxygen atoms in total. The van der Waals surface area contributed by atoms with Crippen LogP contribution in [-0.4, -0.2) is 63.5 Å². The van der Waals surface area contributed by atoms with E-state index in [0.29, 0.717) is 45.6 Å². The first-order valence-corrected chi connectivity index (χ1v) is 8.87. The molecular formula is C18H35NO6. The number of nitrogens with one attached hydrogen (secondary N) is 1. The summed E-state index contributed by atoms with van der Waals surface area (Å²) in [4.78, 5) is 11.3. The van der Waals surface area contributed by atoms with Gasteiger partial charge < -0.3 is 29.4 Å². The van der Waals surface area contributed by atoms with Crippen molar-refractivity contribution < 1.29 is 28.8 Å². The molecule has 0 fully saturated rings. The maximum atomic E-state index is 11.3. The Labute approximate surface area is 151 Å². The number of hydrogen-bond acceptors (Lipinski definition) is 6. The molecule has 0 aromatic carbocycles. The molecule has 0 atom stereocenters. The van der Waals surface area contributed by atoms with Crippen molar-refractivity contribution in [3.05, 3.63) is 11.8 Å². The minimum atomic E-state index is -0.466. The molecule has 2 N–H and O–H groups in total. The average Bonchev–Trinajstić information content (AvgIpc) is 2.58. The lowest BCUT2D eigenvalue weighted by atomic mass is 10.1. The third-order valence-electron chi connectivity index (χ3n) is 3.49. The second kappa shape index (κ2) is 15.0. The zero-order valence-corrected chi connectivity index (χ0v) is 16.1. The molecule has 0 radical (unpaired) electrons. The third kappa shape index (κ3) is 14.7. The number of rotatable bonds is 15. The van der Waals surface area contributed by atoms with E-state index in [0.717, 1.165) is 12.2 Å². The molecule has 0 aliphatic carbocycles. The minimum Gasteiger partial charge on any atom is -0.498 e. The van der Waals surface area contributed by atoms with E-state index in [1.54, 1.807) is 7.11 Å². The zero-order chi connectivity index (χ0) is 19.0. The molecular weight excluding hydrogens is 326 g/mol. The molecule has 1 amide bonds. The van der Waals surface area contributed by atoms with E-state index in [1.165, 1.54) is 0 Å². The molecule has 0 aliphatic heterocycles. The Morgan fingerprint density at radius 2 is 1.84 bits per heavy atom. The fraction of sp³-hybridized carbons (Fsp3) is 0.833. The Morgan fingerprint density at radius 3 is 2.48 bits per heavy atom. The topological polar surface area (TPSA) is 86.2 Å². The molecule has 0 unspecified atom stereocenters. The number of alkyl carbamates (subject to hydrolysis) is 1. The van der Waals surface area contributed by atoms with Crippen molar-refractivity contribution in [1.82, 2.24) is 5.32 Å². The molecule has 25 heavy (non-hydrogen) atoms. The summed E-state index contributed by atoms with van der Waals surface area (Å²) >= 11 is 0. The van der Waals surface area contributed by atoms with Gasteiger partial charge in [-0.2, -0.15) is 0 Å². The van der Waals surface area contributed by atoms with Crippen molar-refractivity contribution in [1.29, 1.82) is 0 Å². The van der Waals surface area contributed by atoms with Crippen LogP contribution < -0.4 is 5.32 Å². The number of aliphatic hydroxyl groups excluding tert-OH is 1. The van der Waals surface area contributed by atoms with Crippen LogP contribution in [0.15, 0.2) is 11.8 Å². The van der Waals surface area contributed by atoms with E-state index in [2.05, 4.69) is 5.32 Å². The monoisotopic (exact) mass is 361 g/mol. The predicted octanol–water partition coefficient (Wildman–Crippen LogP) is 2.63. The van der Waals surface area contributed by atoms with Crippen molar-refractivity contribution >= 4 is 6.09 Å². The standard InChI is InChI=1S/C18H35NO6/c1-5-16(8-14-25-18(2,3)9-15-22-4)23-12-6-10-19-17(21)24-13-7-11-20/h5,20H,6-15H2,1-4H3,(H,19,21)/b16-5-. The number of carbonyl (C=O) groups excluding carboxylic acids is 1. The SMILES string of the molecule is C/C=C(/CCOC(C)(C)CCOC)OCCCNC(=O)OCCCO. The van der Waals surface area contributed by atoms with Crippen LogP contribution in [0.4, 0.5) is 4.79 Å². The van der Waals surface area contributed by atoms with E-state index in [-0.39, 0.29) is 18.8 Å². The van der Waals surface area contributed by atoms with Gasteiger partial charge in [-0.15, -0.1) is 0 Å². The summed E-state index contributed by atoms with van der Waals surface area (Å²) in [6.07, 6.45) is 4.16. The fourth-order valence-electron chi connectivity index (χ4n) is 1.89. The van der Waals surface area contributed by atoms with Gasteiger partial charge in [-0.05, 0) is 39.7 Å². The molecule has 7 heteroatoms. The van der Waals surface area contributed by atoms with Crippen molar-refractivity contribution in [2.24, 2.45) is 0 Å². The molecule has 0 bridgehead atoms. The van der Waals surface area contributed by atoms with E-state index < -0.39 is 6.09 Å². The lowest BCUT2D eigenvalue weighted by Crippen LogP contribution is -2.27. The molecule has 0 aromatic heterocycles. The number of hydrogen-bond donors (Lipinski definition) is 2. The van der Waals surface area contributed by atoms with Crippen molar-refractivity contribution in [3.63, 3.8) is 0 Å². The first-order chi connectivity index (χ1) is 11.9. The normalized spacial score (nSPS) is 12.1. The van der Waals surface area contributed by atoms with Gasteiger partial charge in [0.05, 0.1) is 31.2 Å². The van der Waals surface area contributed by atoms with Crippen molar-refractivity contribution in [3.8, 4) is 0 Å². The van der Waals surface area contributed by atoms with Crippen LogP contribution in [-0.2, 0) is 18.9 Å². The van der Waals surface area contributed by atoms with Crippen LogP contribution in [0.3, 0.4) is 0 Å². The van der Waals surface area contributed by atoms with Crippen LogP contribution in [0.5, 0.6) is 0 Å². The third-order valence-corrected chi connectivity index (χ3v) is 3.49. The highest BCUT2D eigenvalue weighted by molar-refractivity contribution is 5.66. The Kier molecular flexibility index (Phi) is 14.2. The summed E-state index contributed by atoms with van der Waals surface area (Å²) in [5, 5.41) is 11.2. The second-order valence-electron chi connectivity index (χ2n) is 6.20. The summed E-state index contributed by atoms with van der Waals surface area (Å²) in [6, 6.07) is 0. The highest BCUT2D eigenvalue weighted by atomic mass is 16.5. The molecule has 0 saturated heterocycles. The van der Waals surface area contributed by atoms with E-state index in [1.807, 2.05) is 26.8 Å². The van der Waals surface area contributed by atoms with Crippen LogP contribution >= 0.6 is 0 Å². The average molecular weight is 361 g/mol. The molecule has 148 valence electrons. The Morgan fingerprint density at radius 1 is 1.12 bits per heavy atom. The van der Waals surface area contributed by atoms with E-state index in [4.69, 9.17) is 24.1 Å². The van der Waals surface area contributed by atoms with Crippen molar-refractivity contribution in [2.45, 2.75) is 52.1 Å². The smallest absolute Gasteiger partial charge is 0.407 e. The summed E-state index contributed by atoms with van der Waals surface area (Å²) in [7, 11) is 1.69. The van der Waals surface area contributed by atoms with Gasteiger partial charge in [-0.25, -0.2) is 4.79 Å². The number of allylic oxidation sites excluding steroid dienone is 1. The lowest BCUT2D eigenvalue weighted by Gasteiger charge is -2.25. The Hall–Kier alpha value is -1.31. The molecule has 0 saturated carbocycles. The summed E-state index contributed by atoms with van der Waals surface area (Å²) in [5.74, 6) is 0.882. The predicted molar refractivity (Wildman–Crippen MR) is 96.5 cm³/mol. The Balaban J connectivity index is 3.74. The number of amides is 1. The first-order valence-electron chi connectivity index (χ1n) is 8.87. The van der Waals surface area contributed by atoms with Gasteiger partial charge in [0.15, 0.2) is 0 Å². The van der Waals surface area contributed by atoms with Crippen molar-refractivity contribution in [2.75, 3.05) is 46.7 Å². The van der Waals surface area contributed by atoms with Gasteiger partial charge in [0, 0.05) is 39.7 Å². The quantitative estimate of drug-likeness (QED) is 0.344. The summed E-state index contributed by atoms with van der Waals surface area (Å²) in [5.41, 5.74) is -0.213. The van der Waals surface area contributed by atoms with Gasteiger partial charge in [0.2, 0.25) is 0 Å². The first kappa shape index (κ1) is 23.7. The zero-order valence-electron chi connectivity index (χ0n) is 16.1. The maximum Gasteiger partial charge on any atom is 0.407 e. The second-order valence-corrected chi connectivity index (χ2v) is 6.20. The van der Waals surface area contributed by atoms with Gasteiger partial charge in [-0.3, -0.25) is 0 Å². The van der Waals surface area contributed by atoms with Gasteiger partial charge in [0.1, 0.15) is 0 Å². The largest absolute Gasteiger partial charge is 0.498 e. The molecule has 0 heterocycles. The van der Waals surface area contributed by atoms with Gasteiger partial charge >= 0.3 is 6.09 Å². The Bertz CT molecular complexity index is 371. The summed E-state index contributed by atoms with van der Waals surface area (Å²) in [6.45, 7) is 8.53. The number of carbonyl (C=O) groups is 1. The minimum absolute atomic E-state index is 0.0144. The highest BCUT2D eigenvalue weighted by Crippen LogP contribution is 2.16. The maximum absolute atomic E-state index is 11.3. The van der Waals surface area contributed by atoms with E-state index >= 15 is 0 Å². The van der Waals surface area contributed by atoms with Crippen LogP contribution in [0, 0.1) is 0 Å². The van der Waals surface area contributed by atoms with Gasteiger partial charge in [-0.1, -0.05) is 0 Å². The molecule has 0 aliphatic rings. The molecule has 0 rings (SSSR count). The van der Waals surface area contributed by atoms with Crippen LogP contribution in [0.1, 0.15) is 46.5 Å². The van der Waals surface area contributed by atoms with Crippen LogP contribution in [0.25, 0.3) is 0 Å². The van der Waals surface area contributed by atoms with E-state index in [9.17, 15) is 4.79 Å². The molecule has 0 aromatic rings. The number of methoxy groups -OCH3 is 1. The summed E-state index contributed by atoms with van der Waals surface area (Å²) < 4.78 is 21.5. The lowest BCUT2D eigenvalue weighted by molar-refractivity contribution is -0.0383. The number of ether oxygens (including phenoxy) is 4.